The Morgan fingerprint density at radius 1 is 1.50 bits per heavy atom. The summed E-state index contributed by atoms with van der Waals surface area (Å²) in [5, 5.41) is -0.816. The summed E-state index contributed by atoms with van der Waals surface area (Å²) in [6.07, 6.45) is 0. The number of nitrogens with two attached hydrogens (primary N) is 1. The lowest BCUT2D eigenvalue weighted by Gasteiger charge is -2.11. The van der Waals surface area contributed by atoms with E-state index >= 15 is 0 Å². The molecule has 2 atom stereocenters. The molecular formula is C4H8Cl2N2O3S. The molecule has 0 saturated carbocycles. The maximum absolute atomic E-state index is 11.0. The average Bonchev–Trinajstić information content (AvgIpc) is 1.82. The lowest BCUT2D eigenvalue weighted by Crippen LogP contribution is -2.41. The van der Waals surface area contributed by atoms with Crippen LogP contribution >= 0.6 is 23.2 Å². The Labute approximate surface area is 80.3 Å². The highest BCUT2D eigenvalue weighted by atomic mass is 35.5. The number of hydrogen-bond donors (Lipinski definition) is 2. The van der Waals surface area contributed by atoms with E-state index in [-0.39, 0.29) is 0 Å². The number of sulfonamides is 1. The van der Waals surface area contributed by atoms with Gasteiger partial charge in [-0.05, 0) is 6.92 Å². The predicted octanol–water partition coefficient (Wildman–Crippen LogP) is 0.177. The summed E-state index contributed by atoms with van der Waals surface area (Å²) in [5.41, 5.74) is 4.59. The van der Waals surface area contributed by atoms with Gasteiger partial charge in [0.15, 0.2) is 4.71 Å². The maximum atomic E-state index is 11.0. The van der Waals surface area contributed by atoms with Crippen molar-refractivity contribution in [3.8, 4) is 0 Å². The second-order valence-corrected chi connectivity index (χ2v) is 5.26. The Bertz CT molecular complexity index is 263. The molecule has 0 saturated heterocycles. The van der Waals surface area contributed by atoms with E-state index in [4.69, 9.17) is 23.2 Å². The maximum Gasteiger partial charge on any atom is 0.325 e. The Morgan fingerprint density at radius 3 is 2.17 bits per heavy atom. The summed E-state index contributed by atoms with van der Waals surface area (Å²) in [4.78, 5) is 10.2. The van der Waals surface area contributed by atoms with E-state index in [0.717, 1.165) is 0 Å². The SMILES string of the molecule is CC(Cl)C(Cl)S(=O)(=O)NC(N)=O. The quantitative estimate of drug-likeness (QED) is 0.683. The third kappa shape index (κ3) is 3.46. The lowest BCUT2D eigenvalue weighted by atomic mass is 10.6. The third-order valence-corrected chi connectivity index (χ3v) is 4.00. The molecule has 5 nitrogen and oxygen atoms in total. The highest BCUT2D eigenvalue weighted by Gasteiger charge is 2.28. The zero-order valence-electron chi connectivity index (χ0n) is 6.12. The van der Waals surface area contributed by atoms with Crippen molar-refractivity contribution in [2.45, 2.75) is 17.0 Å². The van der Waals surface area contributed by atoms with Crippen LogP contribution in [0.1, 0.15) is 6.92 Å². The van der Waals surface area contributed by atoms with E-state index in [1.807, 2.05) is 0 Å². The number of rotatable bonds is 3. The number of urea groups is 1. The van der Waals surface area contributed by atoms with E-state index < -0.39 is 26.1 Å². The Balaban J connectivity index is 4.52. The summed E-state index contributed by atoms with van der Waals surface area (Å²) in [6.45, 7) is 1.39. The minimum Gasteiger partial charge on any atom is -0.351 e. The number of nitrogens with one attached hydrogen (secondary N) is 1. The molecule has 0 aliphatic heterocycles. The second kappa shape index (κ2) is 4.15. The number of carbonyl (C=O) groups excluding carboxylic acids is 1. The molecule has 0 aliphatic carbocycles. The number of amides is 2. The number of hydrogen-bond acceptors (Lipinski definition) is 3. The van der Waals surface area contributed by atoms with Gasteiger partial charge in [0.05, 0.1) is 5.38 Å². The van der Waals surface area contributed by atoms with Gasteiger partial charge in [-0.1, -0.05) is 0 Å². The first-order valence-electron chi connectivity index (χ1n) is 2.86. The molecule has 0 aromatic heterocycles. The number of primary amides is 1. The molecule has 0 aromatic rings. The smallest absolute Gasteiger partial charge is 0.325 e. The molecule has 0 spiro atoms. The molecule has 0 bridgehead atoms. The number of halogens is 2. The van der Waals surface area contributed by atoms with Crippen LogP contribution in [0.3, 0.4) is 0 Å². The molecule has 0 aliphatic rings. The summed E-state index contributed by atoms with van der Waals surface area (Å²) in [6, 6.07) is -1.18. The van der Waals surface area contributed by atoms with Crippen LogP contribution in [0.4, 0.5) is 4.79 Å². The van der Waals surface area contributed by atoms with Crippen molar-refractivity contribution < 1.29 is 13.2 Å². The van der Waals surface area contributed by atoms with E-state index in [9.17, 15) is 13.2 Å². The molecule has 0 rings (SSSR count). The van der Waals surface area contributed by atoms with Crippen LogP contribution in [0.25, 0.3) is 0 Å². The average molecular weight is 235 g/mol. The van der Waals surface area contributed by atoms with E-state index in [0.29, 0.717) is 0 Å². The van der Waals surface area contributed by atoms with E-state index in [1.165, 1.54) is 11.6 Å². The first-order chi connectivity index (χ1) is 5.27. The minimum atomic E-state index is -3.95. The molecule has 0 radical (unpaired) electrons. The first kappa shape index (κ1) is 11.8. The van der Waals surface area contributed by atoms with Gasteiger partial charge in [0.25, 0.3) is 10.0 Å². The van der Waals surface area contributed by atoms with Crippen LogP contribution in [0.15, 0.2) is 0 Å². The molecule has 2 unspecified atom stereocenters. The molecule has 0 fully saturated rings. The molecule has 12 heavy (non-hydrogen) atoms. The highest BCUT2D eigenvalue weighted by Crippen LogP contribution is 2.14. The van der Waals surface area contributed by atoms with Gasteiger partial charge in [0.2, 0.25) is 0 Å². The van der Waals surface area contributed by atoms with Gasteiger partial charge in [-0.3, -0.25) is 0 Å². The van der Waals surface area contributed by atoms with Crippen molar-refractivity contribution in [1.29, 1.82) is 0 Å². The molecule has 2 amide bonds. The van der Waals surface area contributed by atoms with E-state index in [2.05, 4.69) is 5.73 Å². The monoisotopic (exact) mass is 234 g/mol. The number of alkyl halides is 2. The van der Waals surface area contributed by atoms with Gasteiger partial charge in [0, 0.05) is 0 Å². The lowest BCUT2D eigenvalue weighted by molar-refractivity contribution is 0.253. The van der Waals surface area contributed by atoms with Crippen LogP contribution in [0.5, 0.6) is 0 Å². The van der Waals surface area contributed by atoms with Crippen molar-refractivity contribution >= 4 is 39.3 Å². The van der Waals surface area contributed by atoms with Crippen LogP contribution in [0, 0.1) is 0 Å². The Hall–Kier alpha value is -0.200. The zero-order valence-corrected chi connectivity index (χ0v) is 8.45. The van der Waals surface area contributed by atoms with Crippen LogP contribution in [0.2, 0.25) is 0 Å². The molecular weight excluding hydrogens is 227 g/mol. The van der Waals surface area contributed by atoms with Crippen LogP contribution < -0.4 is 10.5 Å². The van der Waals surface area contributed by atoms with Gasteiger partial charge in [-0.25, -0.2) is 17.9 Å². The fourth-order valence-electron chi connectivity index (χ4n) is 0.443. The van der Waals surface area contributed by atoms with Crippen molar-refractivity contribution in [2.24, 2.45) is 5.73 Å². The third-order valence-electron chi connectivity index (χ3n) is 0.900. The van der Waals surface area contributed by atoms with Crippen LogP contribution in [-0.4, -0.2) is 24.5 Å². The summed E-state index contributed by atoms with van der Waals surface area (Å²) >= 11 is 10.8. The predicted molar refractivity (Wildman–Crippen MR) is 46.6 cm³/mol. The van der Waals surface area contributed by atoms with Gasteiger partial charge in [-0.2, -0.15) is 0 Å². The molecule has 72 valence electrons. The summed E-state index contributed by atoms with van der Waals surface area (Å²) < 4.78 is 22.0. The molecule has 3 N–H and O–H groups in total. The van der Waals surface area contributed by atoms with Crippen molar-refractivity contribution in [1.82, 2.24) is 4.72 Å². The zero-order chi connectivity index (χ0) is 9.94. The standard InChI is InChI=1S/C4H8Cl2N2O3S/c1-2(5)3(6)12(10,11)8-4(7)9/h2-3H,1H3,(H3,7,8,9). The minimum absolute atomic E-state index is 0.816. The Kier molecular flexibility index (Phi) is 4.09. The van der Waals surface area contributed by atoms with Gasteiger partial charge < -0.3 is 5.73 Å². The Morgan fingerprint density at radius 2 is 1.92 bits per heavy atom. The number of carbonyl (C=O) groups is 1. The summed E-state index contributed by atoms with van der Waals surface area (Å²) in [5.74, 6) is 0. The van der Waals surface area contributed by atoms with Crippen molar-refractivity contribution in [3.63, 3.8) is 0 Å². The van der Waals surface area contributed by atoms with Crippen LogP contribution in [-0.2, 0) is 10.0 Å². The largest absolute Gasteiger partial charge is 0.351 e. The van der Waals surface area contributed by atoms with Gasteiger partial charge in [0.1, 0.15) is 0 Å². The highest BCUT2D eigenvalue weighted by molar-refractivity contribution is 7.92. The topological polar surface area (TPSA) is 89.3 Å². The second-order valence-electron chi connectivity index (χ2n) is 2.04. The molecule has 8 heteroatoms. The fourth-order valence-corrected chi connectivity index (χ4v) is 1.87. The van der Waals surface area contributed by atoms with Gasteiger partial charge >= 0.3 is 6.03 Å². The fraction of sp³-hybridized carbons (Fsp3) is 0.750. The molecule has 0 heterocycles. The normalized spacial score (nSPS) is 16.6. The molecule has 0 aromatic carbocycles. The van der Waals surface area contributed by atoms with Gasteiger partial charge in [-0.15, -0.1) is 23.2 Å². The van der Waals surface area contributed by atoms with Crippen molar-refractivity contribution in [3.05, 3.63) is 0 Å². The first-order valence-corrected chi connectivity index (χ1v) is 5.28. The van der Waals surface area contributed by atoms with Crippen molar-refractivity contribution in [2.75, 3.05) is 0 Å². The summed E-state index contributed by atoms with van der Waals surface area (Å²) in [7, 11) is -3.95. The van der Waals surface area contributed by atoms with E-state index in [1.54, 1.807) is 0 Å².